The Hall–Kier alpha value is -2.42. The molecule has 2 aromatic heterocycles. The third-order valence-corrected chi connectivity index (χ3v) is 6.93. The highest BCUT2D eigenvalue weighted by atomic mass is 32.2. The van der Waals surface area contributed by atoms with Crippen molar-refractivity contribution in [2.45, 2.75) is 24.3 Å². The van der Waals surface area contributed by atoms with E-state index in [0.29, 0.717) is 0 Å². The molecule has 2 heterocycles. The summed E-state index contributed by atoms with van der Waals surface area (Å²) in [4.78, 5) is 14.0. The van der Waals surface area contributed by atoms with E-state index in [2.05, 4.69) is 29.1 Å². The van der Waals surface area contributed by atoms with Gasteiger partial charge in [-0.3, -0.25) is 4.79 Å². The van der Waals surface area contributed by atoms with Crippen LogP contribution in [0.4, 0.5) is 0 Å². The zero-order valence-corrected chi connectivity index (χ0v) is 17.6. The van der Waals surface area contributed by atoms with E-state index in [4.69, 9.17) is 0 Å². The van der Waals surface area contributed by atoms with Crippen LogP contribution in [-0.4, -0.2) is 25.9 Å². The highest BCUT2D eigenvalue weighted by Crippen LogP contribution is 2.27. The van der Waals surface area contributed by atoms with Crippen LogP contribution in [-0.2, 0) is 23.5 Å². The Morgan fingerprint density at radius 3 is 2.50 bits per heavy atom. The van der Waals surface area contributed by atoms with E-state index in [1.54, 1.807) is 18.4 Å². The third-order valence-electron chi connectivity index (χ3n) is 4.62. The van der Waals surface area contributed by atoms with Gasteiger partial charge in [-0.25, -0.2) is 13.1 Å². The molecule has 0 saturated heterocycles. The molecule has 0 spiro atoms. The van der Waals surface area contributed by atoms with Gasteiger partial charge in [0.2, 0.25) is 10.0 Å². The predicted octanol–water partition coefficient (Wildman–Crippen LogP) is 3.08. The lowest BCUT2D eigenvalue weighted by molar-refractivity contribution is 0.0935. The summed E-state index contributed by atoms with van der Waals surface area (Å²) in [5.74, 6) is -0.335. The minimum Gasteiger partial charge on any atom is -0.345 e. The van der Waals surface area contributed by atoms with Crippen molar-refractivity contribution in [2.24, 2.45) is 7.05 Å². The van der Waals surface area contributed by atoms with Crippen molar-refractivity contribution in [2.75, 3.05) is 7.05 Å². The maximum atomic E-state index is 13.0. The molecule has 2 N–H and O–H groups in total. The van der Waals surface area contributed by atoms with Gasteiger partial charge in [-0.2, -0.15) is 0 Å². The summed E-state index contributed by atoms with van der Waals surface area (Å²) in [7, 11) is -0.619. The highest BCUT2D eigenvalue weighted by Gasteiger charge is 2.23. The van der Waals surface area contributed by atoms with Gasteiger partial charge in [-0.15, -0.1) is 11.3 Å². The molecule has 8 heteroatoms. The number of aryl methyl sites for hydroxylation is 2. The normalized spacial score (nSPS) is 12.7. The molecular formula is C20H23N3O3S2. The van der Waals surface area contributed by atoms with Crippen LogP contribution in [0.1, 0.15) is 39.5 Å². The molecule has 1 atom stereocenters. The van der Waals surface area contributed by atoms with Gasteiger partial charge >= 0.3 is 0 Å². The van der Waals surface area contributed by atoms with Crippen molar-refractivity contribution < 1.29 is 13.2 Å². The Bertz CT molecular complexity index is 1050. The second-order valence-electron chi connectivity index (χ2n) is 6.40. The van der Waals surface area contributed by atoms with E-state index in [1.807, 2.05) is 29.6 Å². The van der Waals surface area contributed by atoms with E-state index < -0.39 is 10.0 Å². The van der Waals surface area contributed by atoms with Crippen molar-refractivity contribution in [3.05, 3.63) is 75.7 Å². The van der Waals surface area contributed by atoms with Crippen molar-refractivity contribution >= 4 is 27.3 Å². The minimum atomic E-state index is -3.61. The first-order valence-corrected chi connectivity index (χ1v) is 11.2. The maximum Gasteiger partial charge on any atom is 0.268 e. The molecule has 0 bridgehead atoms. The number of carbonyl (C=O) groups excluding carboxylic acids is 1. The van der Waals surface area contributed by atoms with Gasteiger partial charge in [0.25, 0.3) is 5.91 Å². The number of thiophene rings is 1. The fourth-order valence-corrected chi connectivity index (χ4v) is 4.55. The quantitative estimate of drug-likeness (QED) is 0.620. The summed E-state index contributed by atoms with van der Waals surface area (Å²) in [5.41, 5.74) is 2.48. The van der Waals surface area contributed by atoms with E-state index >= 15 is 0 Å². The number of nitrogens with one attached hydrogen (secondary N) is 2. The average molecular weight is 418 g/mol. The Labute approximate surface area is 169 Å². The average Bonchev–Trinajstić information content (AvgIpc) is 3.36. The maximum absolute atomic E-state index is 13.0. The summed E-state index contributed by atoms with van der Waals surface area (Å²) >= 11 is 1.56. The number of hydrogen-bond acceptors (Lipinski definition) is 4. The lowest BCUT2D eigenvalue weighted by Crippen LogP contribution is -2.30. The number of nitrogens with zero attached hydrogens (tertiary/aromatic N) is 1. The van der Waals surface area contributed by atoms with Gasteiger partial charge in [0.05, 0.1) is 6.04 Å². The van der Waals surface area contributed by atoms with Gasteiger partial charge in [-0.1, -0.05) is 37.3 Å². The van der Waals surface area contributed by atoms with Crippen molar-refractivity contribution in [1.82, 2.24) is 14.6 Å². The molecule has 0 aliphatic rings. The molecular weight excluding hydrogens is 394 g/mol. The van der Waals surface area contributed by atoms with Crippen LogP contribution in [0.15, 0.2) is 58.9 Å². The summed E-state index contributed by atoms with van der Waals surface area (Å²) in [5, 5.41) is 5.02. The number of aromatic nitrogens is 1. The molecule has 28 heavy (non-hydrogen) atoms. The standard InChI is InChI=1S/C20H23N3O3S2/c1-4-14-7-9-15(10-8-14)19(18-6-5-11-27-18)22-20(24)17-12-16(13-23(17)3)28(25,26)21-2/h5-13,19,21H,4H2,1-3H3,(H,22,24). The Kier molecular flexibility index (Phi) is 6.02. The largest absolute Gasteiger partial charge is 0.345 e. The van der Waals surface area contributed by atoms with Crippen molar-refractivity contribution in [1.29, 1.82) is 0 Å². The molecule has 148 valence electrons. The highest BCUT2D eigenvalue weighted by molar-refractivity contribution is 7.89. The first-order valence-electron chi connectivity index (χ1n) is 8.88. The number of benzene rings is 1. The number of sulfonamides is 1. The minimum absolute atomic E-state index is 0.0580. The molecule has 0 radical (unpaired) electrons. The molecule has 6 nitrogen and oxygen atoms in total. The first kappa shape index (κ1) is 20.3. The summed E-state index contributed by atoms with van der Waals surface area (Å²) in [6.07, 6.45) is 2.37. The van der Waals surface area contributed by atoms with E-state index in [0.717, 1.165) is 16.9 Å². The van der Waals surface area contributed by atoms with E-state index in [-0.39, 0.29) is 22.5 Å². The lowest BCUT2D eigenvalue weighted by atomic mass is 10.0. The fraction of sp³-hybridized carbons (Fsp3) is 0.250. The molecule has 1 unspecified atom stereocenters. The molecule has 0 saturated carbocycles. The van der Waals surface area contributed by atoms with Gasteiger partial charge < -0.3 is 9.88 Å². The Balaban J connectivity index is 1.92. The topological polar surface area (TPSA) is 80.2 Å². The zero-order valence-electron chi connectivity index (χ0n) is 16.0. The van der Waals surface area contributed by atoms with Crippen molar-refractivity contribution in [3.8, 4) is 0 Å². The van der Waals surface area contributed by atoms with Crippen LogP contribution < -0.4 is 10.0 Å². The summed E-state index contributed by atoms with van der Waals surface area (Å²) in [6, 6.07) is 13.1. The van der Waals surface area contributed by atoms with Gasteiger partial charge in [0, 0.05) is 18.1 Å². The molecule has 0 fully saturated rings. The monoisotopic (exact) mass is 417 g/mol. The summed E-state index contributed by atoms with van der Waals surface area (Å²) in [6.45, 7) is 2.10. The SMILES string of the molecule is CCc1ccc(C(NC(=O)c2cc(S(=O)(=O)NC)cn2C)c2cccs2)cc1. The second kappa shape index (κ2) is 8.30. The van der Waals surface area contributed by atoms with Gasteiger partial charge in [0.15, 0.2) is 0 Å². The molecule has 0 aliphatic heterocycles. The van der Waals surface area contributed by atoms with E-state index in [9.17, 15) is 13.2 Å². The lowest BCUT2D eigenvalue weighted by Gasteiger charge is -2.18. The van der Waals surface area contributed by atoms with Crippen LogP contribution in [0.2, 0.25) is 0 Å². The Morgan fingerprint density at radius 2 is 1.93 bits per heavy atom. The van der Waals surface area contributed by atoms with Crippen LogP contribution in [0.3, 0.4) is 0 Å². The first-order chi connectivity index (χ1) is 13.4. The zero-order chi connectivity index (χ0) is 20.3. The van der Waals surface area contributed by atoms with Crippen LogP contribution in [0, 0.1) is 0 Å². The van der Waals surface area contributed by atoms with Crippen LogP contribution in [0.5, 0.6) is 0 Å². The van der Waals surface area contributed by atoms with Crippen LogP contribution in [0.25, 0.3) is 0 Å². The smallest absolute Gasteiger partial charge is 0.268 e. The summed E-state index contributed by atoms with van der Waals surface area (Å²) < 4.78 is 27.8. The van der Waals surface area contributed by atoms with Crippen molar-refractivity contribution in [3.63, 3.8) is 0 Å². The number of carbonyl (C=O) groups is 1. The number of hydrogen-bond donors (Lipinski definition) is 2. The number of amides is 1. The molecule has 3 aromatic rings. The van der Waals surface area contributed by atoms with Gasteiger partial charge in [0.1, 0.15) is 10.6 Å². The second-order valence-corrected chi connectivity index (χ2v) is 9.26. The fourth-order valence-electron chi connectivity index (χ4n) is 2.95. The molecule has 1 amide bonds. The molecule has 1 aromatic carbocycles. The van der Waals surface area contributed by atoms with Crippen LogP contribution >= 0.6 is 11.3 Å². The Morgan fingerprint density at radius 1 is 1.21 bits per heavy atom. The number of rotatable bonds is 7. The van der Waals surface area contributed by atoms with E-state index in [1.165, 1.54) is 29.4 Å². The molecule has 0 aliphatic carbocycles. The van der Waals surface area contributed by atoms with Gasteiger partial charge in [-0.05, 0) is 42.1 Å². The molecule has 3 rings (SSSR count). The predicted molar refractivity (Wildman–Crippen MR) is 111 cm³/mol. The third kappa shape index (κ3) is 4.19.